The monoisotopic (exact) mass is 640 g/mol. The van der Waals surface area contributed by atoms with Crippen LogP contribution in [-0.2, 0) is 19.1 Å². The van der Waals surface area contributed by atoms with Crippen molar-refractivity contribution in [2.24, 2.45) is 69.8 Å². The van der Waals surface area contributed by atoms with Gasteiger partial charge in [0.05, 0.1) is 13.2 Å². The van der Waals surface area contributed by atoms with Crippen molar-refractivity contribution in [1.82, 2.24) is 0 Å². The van der Waals surface area contributed by atoms with Gasteiger partial charge in [0.1, 0.15) is 0 Å². The predicted octanol–water partition coefficient (Wildman–Crippen LogP) is 9.69. The predicted molar refractivity (Wildman–Crippen MR) is 189 cm³/mol. The lowest BCUT2D eigenvalue weighted by Gasteiger charge is -2.61. The Morgan fingerprint density at radius 1 is 0.826 bits per heavy atom. The third-order valence-corrected chi connectivity index (χ3v) is 14.0. The Balaban J connectivity index is 1.29. The average Bonchev–Trinajstić information content (AvgIpc) is 3.38. The molecule has 0 spiro atoms. The summed E-state index contributed by atoms with van der Waals surface area (Å²) in [6.45, 7) is 22.3. The van der Waals surface area contributed by atoms with E-state index in [4.69, 9.17) is 15.2 Å². The summed E-state index contributed by atoms with van der Waals surface area (Å²) in [4.78, 5) is 24.2. The fraction of sp³-hybridized carbons (Fsp3) is 0.854. The summed E-state index contributed by atoms with van der Waals surface area (Å²) in [5.74, 6) is 6.20. The van der Waals surface area contributed by atoms with E-state index in [1.54, 1.807) is 6.92 Å². The van der Waals surface area contributed by atoms with E-state index in [9.17, 15) is 9.59 Å². The lowest BCUT2D eigenvalue weighted by molar-refractivity contribution is -0.144. The Hall–Kier alpha value is -1.62. The molecule has 0 aliphatic heterocycles. The van der Waals surface area contributed by atoms with Crippen molar-refractivity contribution in [3.63, 3.8) is 0 Å². The number of carbonyl (C=O) groups excluding carboxylic acids is 2. The number of carbonyl (C=O) groups is 2. The second-order valence-corrected chi connectivity index (χ2v) is 17.4. The molecule has 0 bridgehead atoms. The fourth-order valence-electron chi connectivity index (χ4n) is 11.2. The van der Waals surface area contributed by atoms with Gasteiger partial charge in [0.2, 0.25) is 0 Å². The molecule has 46 heavy (non-hydrogen) atoms. The summed E-state index contributed by atoms with van der Waals surface area (Å²) in [7, 11) is 0. The van der Waals surface area contributed by atoms with E-state index in [1.807, 2.05) is 0 Å². The van der Waals surface area contributed by atoms with Crippen LogP contribution in [0.4, 0.5) is 0 Å². The molecule has 5 nitrogen and oxygen atoms in total. The van der Waals surface area contributed by atoms with Crippen LogP contribution in [0.25, 0.3) is 0 Å². The number of fused-ring (bicyclic) bond motifs is 5. The van der Waals surface area contributed by atoms with Gasteiger partial charge in [-0.3, -0.25) is 0 Å². The quantitative estimate of drug-likeness (QED) is 0.134. The SMILES string of the molecule is C=C(C)C(=O)OCC(CCC[C@H]1CC[C@@]2(C)C(CCC3C2CC[C@@]2(C)C3CC[C@@H]2[C@H](C)CCCC(C)C)C1)COC(=O)C(=C)CN. The molecule has 0 heterocycles. The highest BCUT2D eigenvalue weighted by molar-refractivity contribution is 5.88. The zero-order chi connectivity index (χ0) is 33.6. The maximum Gasteiger partial charge on any atom is 0.334 e. The van der Waals surface area contributed by atoms with Crippen molar-refractivity contribution in [2.75, 3.05) is 19.8 Å². The van der Waals surface area contributed by atoms with E-state index >= 15 is 0 Å². The normalized spacial score (nSPS) is 35.0. The van der Waals surface area contributed by atoms with Crippen molar-refractivity contribution < 1.29 is 19.1 Å². The molecule has 0 saturated heterocycles. The van der Waals surface area contributed by atoms with Gasteiger partial charge in [-0.25, -0.2) is 9.59 Å². The van der Waals surface area contributed by atoms with E-state index in [0.717, 1.165) is 60.2 Å². The van der Waals surface area contributed by atoms with Gasteiger partial charge in [-0.15, -0.1) is 0 Å². The molecule has 0 aromatic carbocycles. The Labute approximate surface area is 282 Å². The molecule has 10 atom stereocenters. The zero-order valence-corrected chi connectivity index (χ0v) is 30.5. The molecule has 4 saturated carbocycles. The summed E-state index contributed by atoms with van der Waals surface area (Å²) in [6.07, 6.45) is 20.2. The van der Waals surface area contributed by atoms with Crippen LogP contribution < -0.4 is 5.73 Å². The summed E-state index contributed by atoms with van der Waals surface area (Å²) < 4.78 is 10.9. The second kappa shape index (κ2) is 16.2. The minimum Gasteiger partial charge on any atom is -0.462 e. The summed E-state index contributed by atoms with van der Waals surface area (Å²) in [5, 5.41) is 0. The fourth-order valence-corrected chi connectivity index (χ4v) is 11.2. The van der Waals surface area contributed by atoms with Gasteiger partial charge in [-0.1, -0.05) is 79.9 Å². The first-order valence-electron chi connectivity index (χ1n) is 19.2. The van der Waals surface area contributed by atoms with Gasteiger partial charge in [0.15, 0.2) is 0 Å². The maximum absolute atomic E-state index is 12.2. The van der Waals surface area contributed by atoms with Crippen LogP contribution in [0.5, 0.6) is 0 Å². The summed E-state index contributed by atoms with van der Waals surface area (Å²) >= 11 is 0. The average molecular weight is 640 g/mol. The van der Waals surface area contributed by atoms with Crippen molar-refractivity contribution in [3.05, 3.63) is 24.3 Å². The van der Waals surface area contributed by atoms with Crippen LogP contribution in [0.2, 0.25) is 0 Å². The summed E-state index contributed by atoms with van der Waals surface area (Å²) in [6, 6.07) is 0. The number of hydrogen-bond acceptors (Lipinski definition) is 5. The minimum absolute atomic E-state index is 0.0353. The molecule has 4 aliphatic rings. The van der Waals surface area contributed by atoms with Crippen molar-refractivity contribution in [2.45, 2.75) is 138 Å². The molecule has 0 radical (unpaired) electrons. The number of nitrogens with two attached hydrogens (primary N) is 1. The number of esters is 2. The maximum atomic E-state index is 12.2. The van der Waals surface area contributed by atoms with Gasteiger partial charge in [-0.05, 0) is 129 Å². The molecule has 0 aromatic rings. The number of ether oxygens (including phenoxy) is 2. The molecule has 0 amide bonds. The first kappa shape index (κ1) is 37.2. The topological polar surface area (TPSA) is 78.6 Å². The van der Waals surface area contributed by atoms with Crippen LogP contribution in [0.15, 0.2) is 24.3 Å². The molecule has 0 aromatic heterocycles. The van der Waals surface area contributed by atoms with Crippen molar-refractivity contribution in [3.8, 4) is 0 Å². The van der Waals surface area contributed by atoms with Crippen molar-refractivity contribution >= 4 is 11.9 Å². The first-order chi connectivity index (χ1) is 21.8. The Bertz CT molecular complexity index is 1070. The minimum atomic E-state index is -0.465. The molecule has 4 fully saturated rings. The highest BCUT2D eigenvalue weighted by Gasteiger charge is 2.60. The number of rotatable bonds is 16. The van der Waals surface area contributed by atoms with Gasteiger partial charge in [-0.2, -0.15) is 0 Å². The van der Waals surface area contributed by atoms with Crippen LogP contribution >= 0.6 is 0 Å². The molecular weight excluding hydrogens is 570 g/mol. The molecule has 5 unspecified atom stereocenters. The third-order valence-electron chi connectivity index (χ3n) is 14.0. The molecule has 2 N–H and O–H groups in total. The summed E-state index contributed by atoms with van der Waals surface area (Å²) in [5.41, 5.74) is 7.28. The van der Waals surface area contributed by atoms with Gasteiger partial charge in [0, 0.05) is 23.6 Å². The van der Waals surface area contributed by atoms with E-state index < -0.39 is 11.9 Å². The Morgan fingerprint density at radius 2 is 1.50 bits per heavy atom. The largest absolute Gasteiger partial charge is 0.462 e. The van der Waals surface area contributed by atoms with E-state index in [2.05, 4.69) is 47.8 Å². The molecule has 4 rings (SSSR count). The first-order valence-corrected chi connectivity index (χ1v) is 19.2. The Morgan fingerprint density at radius 3 is 2.17 bits per heavy atom. The lowest BCUT2D eigenvalue weighted by atomic mass is 9.44. The molecular formula is C41H69NO4. The van der Waals surface area contributed by atoms with E-state index in [1.165, 1.54) is 83.5 Å². The van der Waals surface area contributed by atoms with Gasteiger partial charge < -0.3 is 15.2 Å². The standard InChI is InChI=1S/C41H69NO4/c1-27(2)11-9-12-29(5)35-17-18-36-34-16-15-33-23-31(19-21-40(33,7)37(34)20-22-41(35,36)8)13-10-14-32(25-45-38(43)28(3)4)26-46-39(44)30(6)24-42/h27,29,31-37H,3,6,9-26,42H2,1-2,4-5,7-8H3/t29-,31+,32?,33?,34?,35-,36?,37?,40+,41-/m1/s1. The highest BCUT2D eigenvalue weighted by atomic mass is 16.5. The number of hydrogen-bond donors (Lipinski definition) is 1. The molecule has 262 valence electrons. The van der Waals surface area contributed by atoms with Gasteiger partial charge >= 0.3 is 11.9 Å². The Kier molecular flexibility index (Phi) is 13.1. The van der Waals surface area contributed by atoms with Crippen LogP contribution in [0, 0.1) is 64.1 Å². The molecule has 5 heteroatoms. The van der Waals surface area contributed by atoms with Crippen LogP contribution in [0.3, 0.4) is 0 Å². The third kappa shape index (κ3) is 8.50. The lowest BCUT2D eigenvalue weighted by Crippen LogP contribution is -2.53. The van der Waals surface area contributed by atoms with E-state index in [-0.39, 0.29) is 31.2 Å². The van der Waals surface area contributed by atoms with Crippen molar-refractivity contribution in [1.29, 1.82) is 0 Å². The van der Waals surface area contributed by atoms with Crippen LogP contribution in [0.1, 0.15) is 138 Å². The van der Waals surface area contributed by atoms with Crippen LogP contribution in [-0.4, -0.2) is 31.7 Å². The molecule has 4 aliphatic carbocycles. The van der Waals surface area contributed by atoms with Gasteiger partial charge in [0.25, 0.3) is 0 Å². The highest BCUT2D eigenvalue weighted by Crippen LogP contribution is 2.68. The second-order valence-electron chi connectivity index (χ2n) is 17.4. The zero-order valence-electron chi connectivity index (χ0n) is 30.5. The van der Waals surface area contributed by atoms with E-state index in [0.29, 0.717) is 16.4 Å². The smallest absolute Gasteiger partial charge is 0.334 e.